The molecule has 0 spiro atoms. The summed E-state index contributed by atoms with van der Waals surface area (Å²) >= 11 is 12.3. The predicted molar refractivity (Wildman–Crippen MR) is 128 cm³/mol. The molecule has 3 aromatic carbocycles. The third-order valence-corrected chi connectivity index (χ3v) is 5.34. The van der Waals surface area contributed by atoms with Gasteiger partial charge in [-0.3, -0.25) is 0 Å². The molecular weight excluding hydrogens is 433 g/mol. The topological polar surface area (TPSA) is 39.7 Å². The van der Waals surface area contributed by atoms with Crippen LogP contribution in [-0.2, 0) is 19.6 Å². The number of allylic oxidation sites excluding steroid dienone is 1. The Labute approximate surface area is 193 Å². The molecule has 3 aromatic rings. The Balaban J connectivity index is 1.79. The summed E-state index contributed by atoms with van der Waals surface area (Å²) < 4.78 is 17.0. The monoisotopic (exact) mass is 457 g/mol. The summed E-state index contributed by atoms with van der Waals surface area (Å²) in [5, 5.41) is 4.57. The average molecular weight is 458 g/mol. The third-order valence-electron chi connectivity index (χ3n) is 4.75. The standard InChI is InChI=1S/C25H25Cl2NO3/c1-4-5-18-12-17(15-28-21-8-10-22(29-2)11-9-21)13-24(30-3)25(18)31-16-19-6-7-20(26)14-23(19)27/h4,6-14,28H,1,5,15-16H2,2-3H3. The van der Waals surface area contributed by atoms with Gasteiger partial charge in [-0.1, -0.05) is 35.3 Å². The number of rotatable bonds is 10. The highest BCUT2D eigenvalue weighted by Gasteiger charge is 2.14. The number of halogens is 2. The minimum absolute atomic E-state index is 0.306. The quantitative estimate of drug-likeness (QED) is 0.335. The van der Waals surface area contributed by atoms with Gasteiger partial charge in [0, 0.05) is 33.4 Å². The second kappa shape index (κ2) is 11.0. The van der Waals surface area contributed by atoms with Crippen LogP contribution in [0, 0.1) is 0 Å². The van der Waals surface area contributed by atoms with Crippen LogP contribution in [0.2, 0.25) is 10.0 Å². The number of ether oxygens (including phenoxy) is 3. The van der Waals surface area contributed by atoms with Gasteiger partial charge in [0.15, 0.2) is 11.5 Å². The lowest BCUT2D eigenvalue weighted by Crippen LogP contribution is -2.05. The van der Waals surface area contributed by atoms with Gasteiger partial charge in [-0.2, -0.15) is 0 Å². The molecule has 0 unspecified atom stereocenters. The van der Waals surface area contributed by atoms with E-state index in [1.165, 1.54) is 0 Å². The summed E-state index contributed by atoms with van der Waals surface area (Å²) in [6, 6.07) is 17.2. The Hall–Kier alpha value is -2.82. The molecule has 0 bridgehead atoms. The molecule has 0 fully saturated rings. The van der Waals surface area contributed by atoms with Crippen LogP contribution in [0.1, 0.15) is 16.7 Å². The number of anilines is 1. The van der Waals surface area contributed by atoms with E-state index in [1.54, 1.807) is 26.4 Å². The van der Waals surface area contributed by atoms with Crippen LogP contribution in [0.5, 0.6) is 17.2 Å². The van der Waals surface area contributed by atoms with E-state index in [4.69, 9.17) is 37.4 Å². The summed E-state index contributed by atoms with van der Waals surface area (Å²) in [5.41, 5.74) is 3.91. The molecule has 1 N–H and O–H groups in total. The molecule has 0 aliphatic heterocycles. The molecule has 0 radical (unpaired) electrons. The van der Waals surface area contributed by atoms with Crippen molar-refractivity contribution in [3.8, 4) is 17.2 Å². The molecule has 0 heterocycles. The minimum atomic E-state index is 0.306. The number of benzene rings is 3. The van der Waals surface area contributed by atoms with E-state index in [0.717, 1.165) is 28.1 Å². The summed E-state index contributed by atoms with van der Waals surface area (Å²) in [4.78, 5) is 0. The lowest BCUT2D eigenvalue weighted by molar-refractivity contribution is 0.282. The first-order valence-corrected chi connectivity index (χ1v) is 10.5. The zero-order valence-electron chi connectivity index (χ0n) is 17.6. The van der Waals surface area contributed by atoms with Crippen molar-refractivity contribution in [2.24, 2.45) is 0 Å². The highest BCUT2D eigenvalue weighted by molar-refractivity contribution is 6.35. The molecule has 4 nitrogen and oxygen atoms in total. The van der Waals surface area contributed by atoms with E-state index in [9.17, 15) is 0 Å². The summed E-state index contributed by atoms with van der Waals surface area (Å²) in [5.74, 6) is 2.17. The zero-order valence-corrected chi connectivity index (χ0v) is 19.1. The average Bonchev–Trinajstić information content (AvgIpc) is 2.78. The lowest BCUT2D eigenvalue weighted by Gasteiger charge is -2.17. The molecule has 0 saturated carbocycles. The maximum Gasteiger partial charge on any atom is 0.165 e. The minimum Gasteiger partial charge on any atom is -0.497 e. The zero-order chi connectivity index (χ0) is 22.2. The van der Waals surface area contributed by atoms with Gasteiger partial charge in [-0.15, -0.1) is 6.58 Å². The highest BCUT2D eigenvalue weighted by Crippen LogP contribution is 2.35. The molecule has 162 valence electrons. The van der Waals surface area contributed by atoms with Crippen molar-refractivity contribution in [3.63, 3.8) is 0 Å². The summed E-state index contributed by atoms with van der Waals surface area (Å²) in [6.45, 7) is 4.82. The van der Waals surface area contributed by atoms with Gasteiger partial charge in [-0.25, -0.2) is 0 Å². The first-order chi connectivity index (χ1) is 15.0. The van der Waals surface area contributed by atoms with Crippen LogP contribution >= 0.6 is 23.2 Å². The first-order valence-electron chi connectivity index (χ1n) is 9.79. The van der Waals surface area contributed by atoms with Crippen LogP contribution in [0.25, 0.3) is 0 Å². The molecule has 0 amide bonds. The van der Waals surface area contributed by atoms with E-state index >= 15 is 0 Å². The molecule has 0 aliphatic rings. The fourth-order valence-electron chi connectivity index (χ4n) is 3.15. The molecule has 0 atom stereocenters. The molecular formula is C25H25Cl2NO3. The molecule has 0 aromatic heterocycles. The number of methoxy groups -OCH3 is 2. The lowest BCUT2D eigenvalue weighted by atomic mass is 10.1. The fourth-order valence-corrected chi connectivity index (χ4v) is 3.61. The van der Waals surface area contributed by atoms with Gasteiger partial charge in [0.05, 0.1) is 14.2 Å². The largest absolute Gasteiger partial charge is 0.497 e. The molecule has 31 heavy (non-hydrogen) atoms. The van der Waals surface area contributed by atoms with Crippen molar-refractivity contribution >= 4 is 28.9 Å². The van der Waals surface area contributed by atoms with Gasteiger partial charge >= 0.3 is 0 Å². The molecule has 3 rings (SSSR count). The fraction of sp³-hybridized carbons (Fsp3) is 0.200. The van der Waals surface area contributed by atoms with Crippen LogP contribution in [0.4, 0.5) is 5.69 Å². The third kappa shape index (κ3) is 6.09. The van der Waals surface area contributed by atoms with Gasteiger partial charge in [0.25, 0.3) is 0 Å². The van der Waals surface area contributed by atoms with Crippen LogP contribution in [0.15, 0.2) is 67.3 Å². The Morgan fingerprint density at radius 3 is 2.35 bits per heavy atom. The van der Waals surface area contributed by atoms with Crippen molar-refractivity contribution in [2.75, 3.05) is 19.5 Å². The maximum atomic E-state index is 6.29. The number of hydrogen-bond donors (Lipinski definition) is 1. The van der Waals surface area contributed by atoms with E-state index in [2.05, 4.69) is 18.0 Å². The SMILES string of the molecule is C=CCc1cc(CNc2ccc(OC)cc2)cc(OC)c1OCc1ccc(Cl)cc1Cl. The van der Waals surface area contributed by atoms with Gasteiger partial charge in [0.1, 0.15) is 12.4 Å². The van der Waals surface area contributed by atoms with E-state index in [-0.39, 0.29) is 0 Å². The maximum absolute atomic E-state index is 6.29. The van der Waals surface area contributed by atoms with Crippen LogP contribution < -0.4 is 19.5 Å². The second-order valence-corrected chi connectivity index (χ2v) is 7.73. The van der Waals surface area contributed by atoms with E-state index < -0.39 is 0 Å². The Morgan fingerprint density at radius 1 is 0.935 bits per heavy atom. The van der Waals surface area contributed by atoms with Gasteiger partial charge in [-0.05, 0) is 60.5 Å². The number of hydrogen-bond acceptors (Lipinski definition) is 4. The molecule has 0 aliphatic carbocycles. The Bertz CT molecular complexity index is 1040. The van der Waals surface area contributed by atoms with E-state index in [1.807, 2.05) is 42.5 Å². The van der Waals surface area contributed by atoms with Crippen molar-refractivity contribution in [1.82, 2.24) is 0 Å². The van der Waals surface area contributed by atoms with Crippen molar-refractivity contribution in [2.45, 2.75) is 19.6 Å². The molecule has 6 heteroatoms. The normalized spacial score (nSPS) is 10.5. The van der Waals surface area contributed by atoms with Crippen LogP contribution in [-0.4, -0.2) is 14.2 Å². The number of nitrogens with one attached hydrogen (secondary N) is 1. The Morgan fingerprint density at radius 2 is 1.71 bits per heavy atom. The first kappa shape index (κ1) is 22.9. The Kier molecular flexibility index (Phi) is 8.10. The summed E-state index contributed by atoms with van der Waals surface area (Å²) in [7, 11) is 3.29. The van der Waals surface area contributed by atoms with Crippen molar-refractivity contribution in [3.05, 3.63) is 94.0 Å². The van der Waals surface area contributed by atoms with E-state index in [0.29, 0.717) is 41.1 Å². The van der Waals surface area contributed by atoms with Crippen LogP contribution in [0.3, 0.4) is 0 Å². The van der Waals surface area contributed by atoms with Crippen molar-refractivity contribution < 1.29 is 14.2 Å². The smallest absolute Gasteiger partial charge is 0.165 e. The van der Waals surface area contributed by atoms with Gasteiger partial charge < -0.3 is 19.5 Å². The molecule has 0 saturated heterocycles. The van der Waals surface area contributed by atoms with Crippen molar-refractivity contribution in [1.29, 1.82) is 0 Å². The predicted octanol–water partition coefficient (Wildman–Crippen LogP) is 6.93. The van der Waals surface area contributed by atoms with Gasteiger partial charge in [0.2, 0.25) is 0 Å². The highest BCUT2D eigenvalue weighted by atomic mass is 35.5. The second-order valence-electron chi connectivity index (χ2n) is 6.89. The summed E-state index contributed by atoms with van der Waals surface area (Å²) in [6.07, 6.45) is 2.49.